The van der Waals surface area contributed by atoms with Crippen LogP contribution >= 0.6 is 0 Å². The maximum absolute atomic E-state index is 11.8. The molecular weight excluding hydrogens is 316 g/mol. The van der Waals surface area contributed by atoms with Gasteiger partial charge in [-0.05, 0) is 31.0 Å². The van der Waals surface area contributed by atoms with Crippen molar-refractivity contribution in [2.45, 2.75) is 51.2 Å². The molecule has 6 heteroatoms. The Balaban J connectivity index is 1.86. The van der Waals surface area contributed by atoms with E-state index >= 15 is 0 Å². The third-order valence-corrected chi connectivity index (χ3v) is 4.84. The third kappa shape index (κ3) is 6.48. The van der Waals surface area contributed by atoms with Crippen molar-refractivity contribution < 1.29 is 9.59 Å². The van der Waals surface area contributed by atoms with E-state index in [0.29, 0.717) is 12.6 Å². The Bertz CT molecular complexity index is 570. The molecular formula is C19H30N4O2. The largest absolute Gasteiger partial charge is 0.350 e. The first-order chi connectivity index (χ1) is 12.1. The summed E-state index contributed by atoms with van der Waals surface area (Å²) in [5, 5.41) is 5.33. The van der Waals surface area contributed by atoms with E-state index in [0.717, 1.165) is 12.1 Å². The predicted octanol–water partition coefficient (Wildman–Crippen LogP) is 1.14. The quantitative estimate of drug-likeness (QED) is 0.659. The van der Waals surface area contributed by atoms with Gasteiger partial charge in [-0.25, -0.2) is 0 Å². The van der Waals surface area contributed by atoms with Crippen molar-refractivity contribution in [3.05, 3.63) is 35.4 Å². The fraction of sp³-hybridized carbons (Fsp3) is 0.579. The number of hydrogen-bond acceptors (Lipinski definition) is 4. The van der Waals surface area contributed by atoms with Crippen molar-refractivity contribution in [3.63, 3.8) is 0 Å². The van der Waals surface area contributed by atoms with E-state index in [2.05, 4.69) is 28.6 Å². The zero-order valence-electron chi connectivity index (χ0n) is 15.1. The average molecular weight is 346 g/mol. The highest BCUT2D eigenvalue weighted by atomic mass is 16.2. The number of rotatable bonds is 8. The number of nitrogens with two attached hydrogens (primary N) is 1. The Labute approximate surface area is 150 Å². The second-order valence-corrected chi connectivity index (χ2v) is 6.73. The summed E-state index contributed by atoms with van der Waals surface area (Å²) >= 11 is 0. The maximum atomic E-state index is 11.8. The molecule has 4 N–H and O–H groups in total. The van der Waals surface area contributed by atoms with Gasteiger partial charge >= 0.3 is 0 Å². The second-order valence-electron chi connectivity index (χ2n) is 6.73. The molecule has 0 atom stereocenters. The number of amides is 2. The van der Waals surface area contributed by atoms with Crippen LogP contribution in [0, 0.1) is 0 Å². The van der Waals surface area contributed by atoms with Crippen LogP contribution in [0.2, 0.25) is 0 Å². The van der Waals surface area contributed by atoms with Crippen LogP contribution < -0.4 is 16.4 Å². The predicted molar refractivity (Wildman–Crippen MR) is 98.7 cm³/mol. The molecule has 1 aromatic carbocycles. The monoisotopic (exact) mass is 346 g/mol. The number of nitrogens with zero attached hydrogens (tertiary/aromatic N) is 1. The number of nitrogens with one attached hydrogen (secondary N) is 2. The standard InChI is InChI=1S/C19H30N4O2/c1-23(17-9-3-2-4-10-17)14-16-8-6-5-7-15(16)12-21-19(25)13-22-18(24)11-20/h5-8,17H,2-4,9-14,20H2,1H3,(H,21,25)(H,22,24). The lowest BCUT2D eigenvalue weighted by molar-refractivity contribution is -0.125. The summed E-state index contributed by atoms with van der Waals surface area (Å²) in [6.07, 6.45) is 6.54. The molecule has 138 valence electrons. The number of hydrogen-bond donors (Lipinski definition) is 3. The summed E-state index contributed by atoms with van der Waals surface area (Å²) in [6.45, 7) is 1.20. The Hall–Kier alpha value is -1.92. The van der Waals surface area contributed by atoms with Gasteiger partial charge in [0.2, 0.25) is 11.8 Å². The first kappa shape index (κ1) is 19.4. The molecule has 0 aromatic heterocycles. The average Bonchev–Trinajstić information content (AvgIpc) is 2.66. The van der Waals surface area contributed by atoms with Gasteiger partial charge in [0.15, 0.2) is 0 Å². The van der Waals surface area contributed by atoms with Crippen molar-refractivity contribution >= 4 is 11.8 Å². The number of carbonyl (C=O) groups is 2. The third-order valence-electron chi connectivity index (χ3n) is 4.84. The molecule has 0 aliphatic heterocycles. The van der Waals surface area contributed by atoms with Crippen LogP contribution in [0.3, 0.4) is 0 Å². The molecule has 1 fully saturated rings. The SMILES string of the molecule is CN(Cc1ccccc1CNC(=O)CNC(=O)CN)C1CCCCC1. The molecule has 0 unspecified atom stereocenters. The second kappa shape index (κ2) is 10.2. The fourth-order valence-electron chi connectivity index (χ4n) is 3.31. The van der Waals surface area contributed by atoms with Crippen LogP contribution in [-0.2, 0) is 22.7 Å². The van der Waals surface area contributed by atoms with Crippen LogP contribution in [0.25, 0.3) is 0 Å². The van der Waals surface area contributed by atoms with Crippen molar-refractivity contribution in [2.24, 2.45) is 5.73 Å². The van der Waals surface area contributed by atoms with Crippen molar-refractivity contribution in [3.8, 4) is 0 Å². The lowest BCUT2D eigenvalue weighted by atomic mass is 9.94. The Kier molecular flexibility index (Phi) is 7.88. The first-order valence-electron chi connectivity index (χ1n) is 9.10. The highest BCUT2D eigenvalue weighted by molar-refractivity contribution is 5.85. The summed E-state index contributed by atoms with van der Waals surface area (Å²) in [5.41, 5.74) is 7.55. The van der Waals surface area contributed by atoms with E-state index in [1.165, 1.54) is 37.7 Å². The van der Waals surface area contributed by atoms with Gasteiger partial charge in [0.1, 0.15) is 0 Å². The summed E-state index contributed by atoms with van der Waals surface area (Å²) in [4.78, 5) is 25.4. The molecule has 1 aliphatic rings. The van der Waals surface area contributed by atoms with Crippen LogP contribution in [-0.4, -0.2) is 42.9 Å². The molecule has 1 aliphatic carbocycles. The molecule has 0 radical (unpaired) electrons. The van der Waals surface area contributed by atoms with Gasteiger partial charge in [0.05, 0.1) is 13.1 Å². The summed E-state index contributed by atoms with van der Waals surface area (Å²) in [5.74, 6) is -0.540. The van der Waals surface area contributed by atoms with Gasteiger partial charge in [-0.3, -0.25) is 14.5 Å². The lowest BCUT2D eigenvalue weighted by Gasteiger charge is -2.31. The maximum Gasteiger partial charge on any atom is 0.239 e. The van der Waals surface area contributed by atoms with Crippen LogP contribution in [0.15, 0.2) is 24.3 Å². The van der Waals surface area contributed by atoms with E-state index in [4.69, 9.17) is 5.73 Å². The minimum Gasteiger partial charge on any atom is -0.350 e. The van der Waals surface area contributed by atoms with E-state index in [-0.39, 0.29) is 24.9 Å². The molecule has 0 heterocycles. The zero-order valence-corrected chi connectivity index (χ0v) is 15.1. The first-order valence-corrected chi connectivity index (χ1v) is 9.10. The zero-order chi connectivity index (χ0) is 18.1. The summed E-state index contributed by atoms with van der Waals surface area (Å²) in [6, 6.07) is 8.85. The van der Waals surface area contributed by atoms with Crippen LogP contribution in [0.4, 0.5) is 0 Å². The van der Waals surface area contributed by atoms with Gasteiger partial charge < -0.3 is 16.4 Å². The van der Waals surface area contributed by atoms with Gasteiger partial charge in [-0.1, -0.05) is 43.5 Å². The minimum atomic E-state index is -0.329. The summed E-state index contributed by atoms with van der Waals surface area (Å²) < 4.78 is 0. The Morgan fingerprint density at radius 1 is 1.08 bits per heavy atom. The number of benzene rings is 1. The topological polar surface area (TPSA) is 87.5 Å². The Morgan fingerprint density at radius 2 is 1.76 bits per heavy atom. The highest BCUT2D eigenvalue weighted by Crippen LogP contribution is 2.23. The van der Waals surface area contributed by atoms with Gasteiger partial charge in [-0.2, -0.15) is 0 Å². The molecule has 1 saturated carbocycles. The van der Waals surface area contributed by atoms with Gasteiger partial charge in [0, 0.05) is 19.1 Å². The van der Waals surface area contributed by atoms with Crippen molar-refractivity contribution in [1.82, 2.24) is 15.5 Å². The van der Waals surface area contributed by atoms with Crippen LogP contribution in [0.1, 0.15) is 43.2 Å². The minimum absolute atomic E-state index is 0.0415. The van der Waals surface area contributed by atoms with E-state index in [9.17, 15) is 9.59 Å². The van der Waals surface area contributed by atoms with E-state index in [1.807, 2.05) is 18.2 Å². The lowest BCUT2D eigenvalue weighted by Crippen LogP contribution is -2.39. The molecule has 0 bridgehead atoms. The molecule has 1 aromatic rings. The van der Waals surface area contributed by atoms with Crippen molar-refractivity contribution in [1.29, 1.82) is 0 Å². The molecule has 0 spiro atoms. The Morgan fingerprint density at radius 3 is 2.44 bits per heavy atom. The normalized spacial score (nSPS) is 15.2. The summed E-state index contributed by atoms with van der Waals surface area (Å²) in [7, 11) is 2.19. The van der Waals surface area contributed by atoms with Gasteiger partial charge in [0.25, 0.3) is 0 Å². The molecule has 6 nitrogen and oxygen atoms in total. The molecule has 2 rings (SSSR count). The van der Waals surface area contributed by atoms with Crippen LogP contribution in [0.5, 0.6) is 0 Å². The highest BCUT2D eigenvalue weighted by Gasteiger charge is 2.18. The molecule has 2 amide bonds. The molecule has 0 saturated heterocycles. The number of carbonyl (C=O) groups excluding carboxylic acids is 2. The smallest absolute Gasteiger partial charge is 0.239 e. The molecule has 25 heavy (non-hydrogen) atoms. The fourth-order valence-corrected chi connectivity index (χ4v) is 3.31. The van der Waals surface area contributed by atoms with E-state index < -0.39 is 0 Å². The van der Waals surface area contributed by atoms with Gasteiger partial charge in [-0.15, -0.1) is 0 Å². The van der Waals surface area contributed by atoms with Crippen molar-refractivity contribution in [2.75, 3.05) is 20.1 Å². The van der Waals surface area contributed by atoms with E-state index in [1.54, 1.807) is 0 Å².